The molecule has 2 rings (SSSR count). The van der Waals surface area contributed by atoms with Gasteiger partial charge in [-0.25, -0.2) is 0 Å². The lowest BCUT2D eigenvalue weighted by Crippen LogP contribution is -2.16. The van der Waals surface area contributed by atoms with Gasteiger partial charge in [0.15, 0.2) is 6.29 Å². The van der Waals surface area contributed by atoms with Gasteiger partial charge in [-0.15, -0.1) is 0 Å². The Kier molecular flexibility index (Phi) is 3.47. The molecule has 3 nitrogen and oxygen atoms in total. The molecule has 0 aliphatic carbocycles. The van der Waals surface area contributed by atoms with Gasteiger partial charge in [-0.3, -0.25) is 0 Å². The van der Waals surface area contributed by atoms with E-state index >= 15 is 0 Å². The number of rotatable bonds is 5. The summed E-state index contributed by atoms with van der Waals surface area (Å²) in [6, 6.07) is 7.70. The van der Waals surface area contributed by atoms with E-state index in [2.05, 4.69) is 6.92 Å². The maximum absolute atomic E-state index is 5.61. The van der Waals surface area contributed by atoms with Gasteiger partial charge in [-0.2, -0.15) is 0 Å². The van der Waals surface area contributed by atoms with Gasteiger partial charge in [-0.05, 0) is 31.5 Å². The Bertz CT molecular complexity index is 447. The number of ether oxygens (including phenoxy) is 2. The topological polar surface area (TPSA) is 31.6 Å². The van der Waals surface area contributed by atoms with Crippen LogP contribution in [0.3, 0.4) is 0 Å². The molecule has 0 fully saturated rings. The van der Waals surface area contributed by atoms with Crippen LogP contribution in [0.25, 0.3) is 11.0 Å². The first kappa shape index (κ1) is 11.0. The third-order valence-corrected chi connectivity index (χ3v) is 2.29. The van der Waals surface area contributed by atoms with E-state index in [1.54, 1.807) is 6.26 Å². The lowest BCUT2D eigenvalue weighted by Gasteiger charge is -2.14. The summed E-state index contributed by atoms with van der Waals surface area (Å²) in [5.41, 5.74) is 0.834. The number of furan rings is 1. The summed E-state index contributed by atoms with van der Waals surface area (Å²) in [6.45, 7) is 4.67. The van der Waals surface area contributed by atoms with E-state index in [1.165, 1.54) is 0 Å². The number of hydrogen-bond acceptors (Lipinski definition) is 3. The molecule has 1 heterocycles. The van der Waals surface area contributed by atoms with Crippen molar-refractivity contribution in [2.24, 2.45) is 0 Å². The molecule has 1 atom stereocenters. The fraction of sp³-hybridized carbons (Fsp3) is 0.385. The minimum atomic E-state index is -0.229. The van der Waals surface area contributed by atoms with E-state index in [1.807, 2.05) is 31.2 Å². The summed E-state index contributed by atoms with van der Waals surface area (Å²) in [5, 5.41) is 1.08. The standard InChI is InChI=1S/C13H16O3/c1-3-7-14-10(2)16-12-5-4-11-6-8-15-13(11)9-12/h4-6,8-10H,3,7H2,1-2H3. The van der Waals surface area contributed by atoms with Crippen molar-refractivity contribution in [2.75, 3.05) is 6.61 Å². The van der Waals surface area contributed by atoms with Gasteiger partial charge in [0.05, 0.1) is 12.9 Å². The molecule has 0 radical (unpaired) electrons. The zero-order chi connectivity index (χ0) is 11.4. The van der Waals surface area contributed by atoms with Crippen molar-refractivity contribution in [1.82, 2.24) is 0 Å². The zero-order valence-electron chi connectivity index (χ0n) is 9.60. The van der Waals surface area contributed by atoms with Crippen molar-refractivity contribution in [3.8, 4) is 5.75 Å². The highest BCUT2D eigenvalue weighted by molar-refractivity contribution is 5.78. The first-order chi connectivity index (χ1) is 7.79. The monoisotopic (exact) mass is 220 g/mol. The third-order valence-electron chi connectivity index (χ3n) is 2.29. The maximum atomic E-state index is 5.61. The van der Waals surface area contributed by atoms with Crippen molar-refractivity contribution in [3.63, 3.8) is 0 Å². The fourth-order valence-corrected chi connectivity index (χ4v) is 1.52. The molecule has 0 aliphatic heterocycles. The highest BCUT2D eigenvalue weighted by Crippen LogP contribution is 2.22. The summed E-state index contributed by atoms with van der Waals surface area (Å²) in [5.74, 6) is 0.769. The van der Waals surface area contributed by atoms with Crippen molar-refractivity contribution >= 4 is 11.0 Å². The van der Waals surface area contributed by atoms with Crippen LogP contribution in [0, 0.1) is 0 Å². The van der Waals surface area contributed by atoms with E-state index in [0.29, 0.717) is 6.61 Å². The van der Waals surface area contributed by atoms with Crippen molar-refractivity contribution in [1.29, 1.82) is 0 Å². The van der Waals surface area contributed by atoms with Crippen LogP contribution in [0.15, 0.2) is 34.9 Å². The highest BCUT2D eigenvalue weighted by Gasteiger charge is 2.05. The van der Waals surface area contributed by atoms with Crippen LogP contribution >= 0.6 is 0 Å². The average molecular weight is 220 g/mol. The summed E-state index contributed by atoms with van der Waals surface area (Å²) >= 11 is 0. The lowest BCUT2D eigenvalue weighted by atomic mass is 10.2. The number of benzene rings is 1. The third kappa shape index (κ3) is 2.55. The van der Waals surface area contributed by atoms with Gasteiger partial charge >= 0.3 is 0 Å². The molecule has 1 aromatic carbocycles. The predicted octanol–water partition coefficient (Wildman–Crippen LogP) is 3.58. The van der Waals surface area contributed by atoms with Crippen LogP contribution in [0.4, 0.5) is 0 Å². The molecule has 0 saturated carbocycles. The molecular weight excluding hydrogens is 204 g/mol. The Balaban J connectivity index is 2.03. The Hall–Kier alpha value is -1.48. The van der Waals surface area contributed by atoms with E-state index in [0.717, 1.165) is 23.1 Å². The number of hydrogen-bond donors (Lipinski definition) is 0. The summed E-state index contributed by atoms with van der Waals surface area (Å²) < 4.78 is 16.3. The Morgan fingerprint density at radius 1 is 1.31 bits per heavy atom. The van der Waals surface area contributed by atoms with Gasteiger partial charge < -0.3 is 13.9 Å². The van der Waals surface area contributed by atoms with Crippen LogP contribution in [0.1, 0.15) is 20.3 Å². The second-order valence-electron chi connectivity index (χ2n) is 3.68. The summed E-state index contributed by atoms with van der Waals surface area (Å²) in [4.78, 5) is 0. The second-order valence-corrected chi connectivity index (χ2v) is 3.68. The van der Waals surface area contributed by atoms with Gasteiger partial charge in [0.1, 0.15) is 11.3 Å². The van der Waals surface area contributed by atoms with Gasteiger partial charge in [0.25, 0.3) is 0 Å². The van der Waals surface area contributed by atoms with Gasteiger partial charge in [0, 0.05) is 11.5 Å². The molecule has 16 heavy (non-hydrogen) atoms. The molecule has 1 unspecified atom stereocenters. The number of fused-ring (bicyclic) bond motifs is 1. The van der Waals surface area contributed by atoms with Gasteiger partial charge in [0.2, 0.25) is 0 Å². The van der Waals surface area contributed by atoms with E-state index in [9.17, 15) is 0 Å². The smallest absolute Gasteiger partial charge is 0.196 e. The highest BCUT2D eigenvalue weighted by atomic mass is 16.7. The van der Waals surface area contributed by atoms with Crippen LogP contribution in [-0.2, 0) is 4.74 Å². The minimum absolute atomic E-state index is 0.229. The molecule has 2 aromatic rings. The van der Waals surface area contributed by atoms with E-state index < -0.39 is 0 Å². The lowest BCUT2D eigenvalue weighted by molar-refractivity contribution is -0.0662. The van der Waals surface area contributed by atoms with Gasteiger partial charge in [-0.1, -0.05) is 6.92 Å². The molecule has 0 bridgehead atoms. The van der Waals surface area contributed by atoms with Crippen LogP contribution in [-0.4, -0.2) is 12.9 Å². The molecule has 0 saturated heterocycles. The first-order valence-electron chi connectivity index (χ1n) is 5.55. The normalized spacial score (nSPS) is 12.9. The fourth-order valence-electron chi connectivity index (χ4n) is 1.52. The average Bonchev–Trinajstić information content (AvgIpc) is 2.73. The molecular formula is C13H16O3. The quantitative estimate of drug-likeness (QED) is 0.722. The SMILES string of the molecule is CCCOC(C)Oc1ccc2ccoc2c1. The van der Waals surface area contributed by atoms with E-state index in [-0.39, 0.29) is 6.29 Å². The second kappa shape index (κ2) is 5.03. The predicted molar refractivity (Wildman–Crippen MR) is 62.5 cm³/mol. The Morgan fingerprint density at radius 3 is 3.00 bits per heavy atom. The zero-order valence-corrected chi connectivity index (χ0v) is 9.60. The van der Waals surface area contributed by atoms with Crippen molar-refractivity contribution in [2.45, 2.75) is 26.6 Å². The molecule has 0 amide bonds. The van der Waals surface area contributed by atoms with Crippen LogP contribution in [0.2, 0.25) is 0 Å². The summed E-state index contributed by atoms with van der Waals surface area (Å²) in [6.07, 6.45) is 2.43. The molecule has 3 heteroatoms. The molecule has 86 valence electrons. The maximum Gasteiger partial charge on any atom is 0.196 e. The molecule has 0 aliphatic rings. The first-order valence-corrected chi connectivity index (χ1v) is 5.55. The Morgan fingerprint density at radius 2 is 2.19 bits per heavy atom. The molecule has 1 aromatic heterocycles. The minimum Gasteiger partial charge on any atom is -0.465 e. The largest absolute Gasteiger partial charge is 0.465 e. The van der Waals surface area contributed by atoms with Crippen molar-refractivity contribution in [3.05, 3.63) is 30.5 Å². The van der Waals surface area contributed by atoms with Crippen LogP contribution < -0.4 is 4.74 Å². The van der Waals surface area contributed by atoms with Crippen LogP contribution in [0.5, 0.6) is 5.75 Å². The Labute approximate surface area is 95.0 Å². The summed E-state index contributed by atoms with van der Waals surface area (Å²) in [7, 11) is 0. The molecule has 0 spiro atoms. The van der Waals surface area contributed by atoms with E-state index in [4.69, 9.17) is 13.9 Å². The van der Waals surface area contributed by atoms with Crippen molar-refractivity contribution < 1.29 is 13.9 Å². The molecule has 0 N–H and O–H groups in total.